The maximum absolute atomic E-state index is 13.6. The van der Waals surface area contributed by atoms with Crippen LogP contribution in [0, 0.1) is 6.92 Å². The lowest BCUT2D eigenvalue weighted by Gasteiger charge is -2.20. The Labute approximate surface area is 217 Å². The van der Waals surface area contributed by atoms with Crippen molar-refractivity contribution in [2.45, 2.75) is 26.4 Å². The van der Waals surface area contributed by atoms with E-state index in [-0.39, 0.29) is 24.8 Å². The van der Waals surface area contributed by atoms with Crippen LogP contribution in [0.1, 0.15) is 33.6 Å². The molecule has 0 atom stereocenters. The molecule has 182 valence electrons. The first kappa shape index (κ1) is 25.4. The summed E-state index contributed by atoms with van der Waals surface area (Å²) in [5.41, 5.74) is 3.39. The Morgan fingerprint density at radius 2 is 1.97 bits per heavy atom. The third kappa shape index (κ3) is 5.46. The van der Waals surface area contributed by atoms with Crippen molar-refractivity contribution >= 4 is 62.5 Å². The van der Waals surface area contributed by atoms with Gasteiger partial charge in [-0.3, -0.25) is 19.1 Å². The largest absolute Gasteiger partial charge is 0.392 e. The number of anilines is 1. The molecule has 1 amide bonds. The van der Waals surface area contributed by atoms with E-state index in [4.69, 9.17) is 11.6 Å². The molecule has 0 fully saturated rings. The molecule has 0 aliphatic carbocycles. The van der Waals surface area contributed by atoms with Crippen molar-refractivity contribution in [2.24, 2.45) is 0 Å². The van der Waals surface area contributed by atoms with Crippen molar-refractivity contribution in [3.63, 3.8) is 0 Å². The molecule has 0 bridgehead atoms. The second-order valence-electron chi connectivity index (χ2n) is 8.10. The zero-order valence-corrected chi connectivity index (χ0v) is 21.9. The Balaban J connectivity index is 1.76. The standard InChI is InChI=1S/C26H26ClN3O3S2/c1-17-21(15-24(32)29(11-3-12-34-2)26-28-10-13-35-26)22-14-18(16-31)4-9-23(22)30(17)25(33)19-5-7-20(27)8-6-19/h4-10,13-14,31H,3,11-12,15-16H2,1-2H3. The summed E-state index contributed by atoms with van der Waals surface area (Å²) in [4.78, 5) is 33.2. The molecule has 0 radical (unpaired) electrons. The third-order valence-electron chi connectivity index (χ3n) is 5.89. The third-order valence-corrected chi connectivity index (χ3v) is 7.63. The van der Waals surface area contributed by atoms with Crippen molar-refractivity contribution < 1.29 is 14.7 Å². The Morgan fingerprint density at radius 3 is 2.63 bits per heavy atom. The van der Waals surface area contributed by atoms with Gasteiger partial charge in [-0.15, -0.1) is 11.3 Å². The summed E-state index contributed by atoms with van der Waals surface area (Å²) in [6.07, 6.45) is 4.72. The maximum Gasteiger partial charge on any atom is 0.262 e. The minimum atomic E-state index is -0.198. The number of halogens is 1. The lowest BCUT2D eigenvalue weighted by Crippen LogP contribution is -2.33. The number of thioether (sulfide) groups is 1. The van der Waals surface area contributed by atoms with Crippen LogP contribution in [0.5, 0.6) is 0 Å². The summed E-state index contributed by atoms with van der Waals surface area (Å²) in [6, 6.07) is 12.2. The highest BCUT2D eigenvalue weighted by Crippen LogP contribution is 2.30. The average Bonchev–Trinajstić information content (AvgIpc) is 3.48. The van der Waals surface area contributed by atoms with E-state index >= 15 is 0 Å². The lowest BCUT2D eigenvalue weighted by atomic mass is 10.0. The van der Waals surface area contributed by atoms with Crippen molar-refractivity contribution in [3.05, 3.63) is 81.4 Å². The SMILES string of the molecule is CSCCCN(C(=O)Cc1c(C)n(C(=O)c2ccc(Cl)cc2)c2ccc(CO)cc12)c1nccs1. The Morgan fingerprint density at radius 1 is 1.20 bits per heavy atom. The van der Waals surface area contributed by atoms with Crippen LogP contribution in [0.25, 0.3) is 10.9 Å². The lowest BCUT2D eigenvalue weighted by molar-refractivity contribution is -0.118. The molecule has 0 saturated heterocycles. The molecule has 0 spiro atoms. The highest BCUT2D eigenvalue weighted by Gasteiger charge is 2.25. The predicted molar refractivity (Wildman–Crippen MR) is 145 cm³/mol. The van der Waals surface area contributed by atoms with Crippen LogP contribution in [0.4, 0.5) is 5.13 Å². The van der Waals surface area contributed by atoms with Gasteiger partial charge in [0.25, 0.3) is 5.91 Å². The van der Waals surface area contributed by atoms with Crippen LogP contribution in [0.15, 0.2) is 54.0 Å². The van der Waals surface area contributed by atoms with Gasteiger partial charge in [0.15, 0.2) is 5.13 Å². The molecule has 35 heavy (non-hydrogen) atoms. The highest BCUT2D eigenvalue weighted by atomic mass is 35.5. The zero-order valence-electron chi connectivity index (χ0n) is 19.5. The van der Waals surface area contributed by atoms with Crippen LogP contribution in [0.2, 0.25) is 5.02 Å². The number of fused-ring (bicyclic) bond motifs is 1. The number of amides is 1. The fourth-order valence-electron chi connectivity index (χ4n) is 4.13. The fourth-order valence-corrected chi connectivity index (χ4v) is 5.35. The molecule has 2 aromatic carbocycles. The monoisotopic (exact) mass is 527 g/mol. The molecule has 0 aliphatic rings. The van der Waals surface area contributed by atoms with Gasteiger partial charge in [0.1, 0.15) is 0 Å². The van der Waals surface area contributed by atoms with E-state index < -0.39 is 0 Å². The van der Waals surface area contributed by atoms with Crippen LogP contribution < -0.4 is 4.90 Å². The smallest absolute Gasteiger partial charge is 0.262 e. The van der Waals surface area contributed by atoms with Crippen molar-refractivity contribution in [3.8, 4) is 0 Å². The highest BCUT2D eigenvalue weighted by molar-refractivity contribution is 7.98. The summed E-state index contributed by atoms with van der Waals surface area (Å²) in [6.45, 7) is 2.31. The van der Waals surface area contributed by atoms with Crippen molar-refractivity contribution in [1.82, 2.24) is 9.55 Å². The Hall–Kier alpha value is -2.65. The molecule has 0 saturated carbocycles. The van der Waals surface area contributed by atoms with E-state index in [1.54, 1.807) is 57.8 Å². The number of nitrogens with zero attached hydrogens (tertiary/aromatic N) is 3. The molecule has 0 aliphatic heterocycles. The molecule has 1 N–H and O–H groups in total. The first-order valence-corrected chi connectivity index (χ1v) is 13.8. The summed E-state index contributed by atoms with van der Waals surface area (Å²) in [5, 5.41) is 13.6. The van der Waals surface area contributed by atoms with Gasteiger partial charge in [-0.2, -0.15) is 11.8 Å². The minimum absolute atomic E-state index is 0.0726. The number of carbonyl (C=O) groups excluding carboxylic acids is 2. The molecular weight excluding hydrogens is 502 g/mol. The molecular formula is C26H26ClN3O3S2. The average molecular weight is 528 g/mol. The van der Waals surface area contributed by atoms with Crippen molar-refractivity contribution in [1.29, 1.82) is 0 Å². The second-order valence-corrected chi connectivity index (χ2v) is 10.4. The van der Waals surface area contributed by atoms with E-state index in [0.717, 1.165) is 28.7 Å². The first-order chi connectivity index (χ1) is 16.9. The van der Waals surface area contributed by atoms with Crippen LogP contribution in [-0.4, -0.2) is 45.0 Å². The van der Waals surface area contributed by atoms with Crippen LogP contribution in [0.3, 0.4) is 0 Å². The van der Waals surface area contributed by atoms with Crippen molar-refractivity contribution in [2.75, 3.05) is 23.5 Å². The summed E-state index contributed by atoms with van der Waals surface area (Å²) in [5.74, 6) is 0.677. The van der Waals surface area contributed by atoms with Gasteiger partial charge in [-0.25, -0.2) is 4.98 Å². The number of benzene rings is 2. The Kier molecular flexibility index (Phi) is 8.28. The summed E-state index contributed by atoms with van der Waals surface area (Å²) < 4.78 is 1.64. The Bertz CT molecular complexity index is 1330. The zero-order chi connectivity index (χ0) is 24.9. The van der Waals surface area contributed by atoms with Gasteiger partial charge in [0.2, 0.25) is 5.91 Å². The van der Waals surface area contributed by atoms with Gasteiger partial charge in [-0.05, 0) is 72.9 Å². The molecule has 9 heteroatoms. The molecule has 2 heterocycles. The number of hydrogen-bond acceptors (Lipinski definition) is 6. The fraction of sp³-hybridized carbons (Fsp3) is 0.269. The number of aromatic nitrogens is 2. The molecule has 6 nitrogen and oxygen atoms in total. The summed E-state index contributed by atoms with van der Waals surface area (Å²) in [7, 11) is 0. The van der Waals surface area contributed by atoms with E-state index in [1.807, 2.05) is 30.7 Å². The number of aliphatic hydroxyl groups excluding tert-OH is 1. The van der Waals surface area contributed by atoms with Gasteiger partial charge in [0, 0.05) is 39.8 Å². The van der Waals surface area contributed by atoms with E-state index in [0.29, 0.717) is 33.5 Å². The summed E-state index contributed by atoms with van der Waals surface area (Å²) >= 11 is 9.19. The normalized spacial score (nSPS) is 11.2. The number of carbonyl (C=O) groups is 2. The van der Waals surface area contributed by atoms with E-state index in [2.05, 4.69) is 4.98 Å². The molecule has 2 aromatic heterocycles. The number of thiazole rings is 1. The molecule has 0 unspecified atom stereocenters. The first-order valence-electron chi connectivity index (χ1n) is 11.2. The maximum atomic E-state index is 13.6. The number of rotatable bonds is 9. The van der Waals surface area contributed by atoms with E-state index in [1.165, 1.54) is 11.3 Å². The van der Waals surface area contributed by atoms with Gasteiger partial charge < -0.3 is 5.11 Å². The second kappa shape index (κ2) is 11.4. The van der Waals surface area contributed by atoms with Gasteiger partial charge in [0.05, 0.1) is 18.5 Å². The van der Waals surface area contributed by atoms with Crippen LogP contribution in [-0.2, 0) is 17.8 Å². The number of hydrogen-bond donors (Lipinski definition) is 1. The molecule has 4 rings (SSSR count). The predicted octanol–water partition coefficient (Wildman–Crippen LogP) is 5.57. The van der Waals surface area contributed by atoms with Crippen LogP contribution >= 0.6 is 34.7 Å². The molecule has 4 aromatic rings. The quantitative estimate of drug-likeness (QED) is 0.288. The van der Waals surface area contributed by atoms with Gasteiger partial charge in [-0.1, -0.05) is 17.7 Å². The van der Waals surface area contributed by atoms with E-state index in [9.17, 15) is 14.7 Å². The number of aliphatic hydroxyl groups is 1. The minimum Gasteiger partial charge on any atom is -0.392 e. The van der Waals surface area contributed by atoms with Gasteiger partial charge >= 0.3 is 0 Å². The topological polar surface area (TPSA) is 75.4 Å².